The van der Waals surface area contributed by atoms with Crippen LogP contribution in [0, 0.1) is 18.3 Å². The maximum atomic E-state index is 3.84. The van der Waals surface area contributed by atoms with Crippen LogP contribution in [0.25, 0.3) is 0 Å². The van der Waals surface area contributed by atoms with Gasteiger partial charge in [-0.2, -0.15) is 0 Å². The predicted octanol–water partition coefficient (Wildman–Crippen LogP) is 5.64. The second-order valence-electron chi connectivity index (χ2n) is 7.69. The highest BCUT2D eigenvalue weighted by molar-refractivity contribution is 5.23. The summed E-state index contributed by atoms with van der Waals surface area (Å²) in [5.74, 6) is 0.912. The van der Waals surface area contributed by atoms with Gasteiger partial charge in [0.1, 0.15) is 0 Å². The van der Waals surface area contributed by atoms with E-state index >= 15 is 0 Å². The molecule has 0 heterocycles. The van der Waals surface area contributed by atoms with E-state index in [0.29, 0.717) is 17.5 Å². The Balaban J connectivity index is 1.84. The number of aryl methyl sites for hydroxylation is 1. The zero-order chi connectivity index (χ0) is 15.5. The fraction of sp³-hybridized carbons (Fsp3) is 0.700. The minimum atomic E-state index is 0.464. The molecule has 1 aliphatic rings. The molecule has 1 heteroatoms. The summed E-state index contributed by atoms with van der Waals surface area (Å²) >= 11 is 0. The molecule has 1 aromatic carbocycles. The monoisotopic (exact) mass is 287 g/mol. The lowest BCUT2D eigenvalue weighted by Gasteiger charge is -2.39. The van der Waals surface area contributed by atoms with E-state index in [1.807, 2.05) is 0 Å². The van der Waals surface area contributed by atoms with Gasteiger partial charge in [-0.25, -0.2) is 0 Å². The van der Waals surface area contributed by atoms with Crippen molar-refractivity contribution in [1.29, 1.82) is 0 Å². The molecule has 1 aliphatic carbocycles. The summed E-state index contributed by atoms with van der Waals surface area (Å²) in [5.41, 5.74) is 3.28. The first-order chi connectivity index (χ1) is 9.92. The smallest absolute Gasteiger partial charge is 0.0294 e. The van der Waals surface area contributed by atoms with E-state index in [0.717, 1.165) is 5.92 Å². The van der Waals surface area contributed by atoms with Crippen LogP contribution in [0.1, 0.15) is 77.0 Å². The Morgan fingerprint density at radius 2 is 1.67 bits per heavy atom. The Morgan fingerprint density at radius 3 is 2.19 bits per heavy atom. The average molecular weight is 287 g/mol. The molecule has 118 valence electrons. The Labute approximate surface area is 131 Å². The van der Waals surface area contributed by atoms with Gasteiger partial charge in [-0.3, -0.25) is 0 Å². The van der Waals surface area contributed by atoms with Crippen LogP contribution in [0.15, 0.2) is 24.3 Å². The second-order valence-corrected chi connectivity index (χ2v) is 7.69. The SMILES string of the molecule is CCC(C)(C)C1CCC(N[C@H](C)c2ccc(C)cc2)CC1. The molecule has 1 N–H and O–H groups in total. The van der Waals surface area contributed by atoms with E-state index in [2.05, 4.69) is 64.2 Å². The normalized spacial score (nSPS) is 24.8. The molecule has 1 saturated carbocycles. The van der Waals surface area contributed by atoms with Crippen molar-refractivity contribution in [3.05, 3.63) is 35.4 Å². The zero-order valence-corrected chi connectivity index (χ0v) is 14.6. The molecule has 0 saturated heterocycles. The highest BCUT2D eigenvalue weighted by Crippen LogP contribution is 2.40. The van der Waals surface area contributed by atoms with E-state index in [1.165, 1.54) is 43.2 Å². The Morgan fingerprint density at radius 1 is 1.10 bits per heavy atom. The van der Waals surface area contributed by atoms with Crippen LogP contribution in [-0.2, 0) is 0 Å². The first-order valence-corrected chi connectivity index (χ1v) is 8.75. The average Bonchev–Trinajstić information content (AvgIpc) is 2.48. The molecular weight excluding hydrogens is 254 g/mol. The van der Waals surface area contributed by atoms with E-state index in [-0.39, 0.29) is 0 Å². The highest BCUT2D eigenvalue weighted by atomic mass is 14.9. The molecule has 0 aliphatic heterocycles. The van der Waals surface area contributed by atoms with Crippen molar-refractivity contribution < 1.29 is 0 Å². The third-order valence-corrected chi connectivity index (χ3v) is 5.81. The van der Waals surface area contributed by atoms with Crippen LogP contribution < -0.4 is 5.32 Å². The van der Waals surface area contributed by atoms with Crippen LogP contribution in [0.3, 0.4) is 0 Å². The molecule has 1 aromatic rings. The molecule has 0 aromatic heterocycles. The minimum absolute atomic E-state index is 0.464. The lowest BCUT2D eigenvalue weighted by atomic mass is 9.69. The minimum Gasteiger partial charge on any atom is -0.307 e. The van der Waals surface area contributed by atoms with Gasteiger partial charge in [0.15, 0.2) is 0 Å². The standard InChI is InChI=1S/C20H33N/c1-6-20(4,5)18-11-13-19(14-12-18)21-16(3)17-9-7-15(2)8-10-17/h7-10,16,18-19,21H,6,11-14H2,1-5H3/t16-,18?,19?/m1/s1. The van der Waals surface area contributed by atoms with Crippen LogP contribution in [0.5, 0.6) is 0 Å². The van der Waals surface area contributed by atoms with Gasteiger partial charge < -0.3 is 5.32 Å². The van der Waals surface area contributed by atoms with Crippen molar-refractivity contribution in [3.8, 4) is 0 Å². The molecule has 21 heavy (non-hydrogen) atoms. The third kappa shape index (κ3) is 4.32. The predicted molar refractivity (Wildman–Crippen MR) is 92.5 cm³/mol. The first-order valence-electron chi connectivity index (χ1n) is 8.75. The van der Waals surface area contributed by atoms with Gasteiger partial charge in [-0.15, -0.1) is 0 Å². The van der Waals surface area contributed by atoms with Gasteiger partial charge in [0.25, 0.3) is 0 Å². The maximum Gasteiger partial charge on any atom is 0.0294 e. The molecule has 0 unspecified atom stereocenters. The van der Waals surface area contributed by atoms with Gasteiger partial charge in [0.05, 0.1) is 0 Å². The lowest BCUT2D eigenvalue weighted by Crippen LogP contribution is -2.38. The van der Waals surface area contributed by atoms with Crippen LogP contribution in [-0.4, -0.2) is 6.04 Å². The topological polar surface area (TPSA) is 12.0 Å². The molecule has 1 nitrogen and oxygen atoms in total. The van der Waals surface area contributed by atoms with Gasteiger partial charge >= 0.3 is 0 Å². The fourth-order valence-electron chi connectivity index (χ4n) is 3.64. The second kappa shape index (κ2) is 6.96. The van der Waals surface area contributed by atoms with E-state index in [1.54, 1.807) is 0 Å². The first kappa shape index (κ1) is 16.5. The van der Waals surface area contributed by atoms with Crippen molar-refractivity contribution in [2.24, 2.45) is 11.3 Å². The van der Waals surface area contributed by atoms with Crippen molar-refractivity contribution in [1.82, 2.24) is 5.32 Å². The molecule has 0 spiro atoms. The van der Waals surface area contributed by atoms with Gasteiger partial charge in [0, 0.05) is 12.1 Å². The van der Waals surface area contributed by atoms with Gasteiger partial charge in [0.2, 0.25) is 0 Å². The summed E-state index contributed by atoms with van der Waals surface area (Å²) in [6.45, 7) is 11.7. The summed E-state index contributed by atoms with van der Waals surface area (Å²) in [4.78, 5) is 0. The van der Waals surface area contributed by atoms with Gasteiger partial charge in [-0.1, -0.05) is 57.0 Å². The molecule has 0 bridgehead atoms. The van der Waals surface area contributed by atoms with Crippen molar-refractivity contribution >= 4 is 0 Å². The summed E-state index contributed by atoms with van der Waals surface area (Å²) in [6, 6.07) is 10.1. The highest BCUT2D eigenvalue weighted by Gasteiger charge is 2.31. The quantitative estimate of drug-likeness (QED) is 0.739. The number of hydrogen-bond donors (Lipinski definition) is 1. The summed E-state index contributed by atoms with van der Waals surface area (Å²) in [7, 11) is 0. The largest absolute Gasteiger partial charge is 0.307 e. The maximum absolute atomic E-state index is 3.84. The molecule has 1 atom stereocenters. The molecular formula is C20H33N. The number of nitrogens with one attached hydrogen (secondary N) is 1. The van der Waals surface area contributed by atoms with Crippen LogP contribution in [0.4, 0.5) is 0 Å². The molecule has 0 radical (unpaired) electrons. The summed E-state index contributed by atoms with van der Waals surface area (Å²) in [5, 5.41) is 3.84. The third-order valence-electron chi connectivity index (χ3n) is 5.81. The van der Waals surface area contributed by atoms with Crippen LogP contribution in [0.2, 0.25) is 0 Å². The Hall–Kier alpha value is -0.820. The molecule has 1 fully saturated rings. The Kier molecular flexibility index (Phi) is 5.48. The number of rotatable bonds is 5. The van der Waals surface area contributed by atoms with E-state index < -0.39 is 0 Å². The summed E-state index contributed by atoms with van der Waals surface area (Å²) < 4.78 is 0. The Bertz CT molecular complexity index is 424. The van der Waals surface area contributed by atoms with Crippen molar-refractivity contribution in [2.75, 3.05) is 0 Å². The van der Waals surface area contributed by atoms with E-state index in [4.69, 9.17) is 0 Å². The molecule has 2 rings (SSSR count). The number of benzene rings is 1. The van der Waals surface area contributed by atoms with E-state index in [9.17, 15) is 0 Å². The van der Waals surface area contributed by atoms with Crippen molar-refractivity contribution in [2.45, 2.75) is 78.8 Å². The summed E-state index contributed by atoms with van der Waals surface area (Å²) in [6.07, 6.45) is 6.75. The lowest BCUT2D eigenvalue weighted by molar-refractivity contribution is 0.134. The van der Waals surface area contributed by atoms with Crippen LogP contribution >= 0.6 is 0 Å². The fourth-order valence-corrected chi connectivity index (χ4v) is 3.64. The van der Waals surface area contributed by atoms with Crippen molar-refractivity contribution in [3.63, 3.8) is 0 Å². The number of hydrogen-bond acceptors (Lipinski definition) is 1. The molecule has 0 amide bonds. The zero-order valence-electron chi connectivity index (χ0n) is 14.6. The van der Waals surface area contributed by atoms with Gasteiger partial charge in [-0.05, 0) is 56.4 Å².